The maximum atomic E-state index is 4.87. The first kappa shape index (κ1) is 9.18. The zero-order chi connectivity index (χ0) is 5.86. The van der Waals surface area contributed by atoms with Gasteiger partial charge in [-0.05, 0) is 54.2 Å². The molecule has 0 fully saturated rings. The van der Waals surface area contributed by atoms with Gasteiger partial charge in [-0.15, -0.1) is 0 Å². The van der Waals surface area contributed by atoms with E-state index in [2.05, 4.69) is 32.4 Å². The fraction of sp³-hybridized carbons (Fsp3) is 0. The van der Waals surface area contributed by atoms with Gasteiger partial charge >= 0.3 is 0 Å². The molecule has 0 aromatic carbocycles. The van der Waals surface area contributed by atoms with Crippen LogP contribution >= 0.6 is 21.2 Å². The van der Waals surface area contributed by atoms with Crippen LogP contribution in [0.1, 0.15) is 0 Å². The highest BCUT2D eigenvalue weighted by atomic mass is 127. The van der Waals surface area contributed by atoms with E-state index in [4.69, 9.17) is 22.4 Å². The van der Waals surface area contributed by atoms with E-state index in [9.17, 15) is 0 Å². The van der Waals surface area contributed by atoms with Gasteiger partial charge in [0.2, 0.25) is 0 Å². The van der Waals surface area contributed by atoms with Crippen LogP contribution in [0.5, 0.6) is 0 Å². The van der Waals surface area contributed by atoms with E-state index < -0.39 is 5.18 Å². The molecule has 0 radical (unpaired) electrons. The van der Waals surface area contributed by atoms with Crippen LogP contribution in [0.4, 0.5) is 0 Å². The topological polar surface area (TPSA) is 0 Å². The first-order chi connectivity index (χ1) is 3.18. The molecule has 0 aromatic rings. The van der Waals surface area contributed by atoms with E-state index in [0.717, 1.165) is 0 Å². The molecular weight excluding hydrogens is 319 g/mol. The number of halogens is 1. The first-order valence-corrected chi connectivity index (χ1v) is 11.2. The fourth-order valence-corrected chi connectivity index (χ4v) is 9.27. The highest BCUT2D eigenvalue weighted by Crippen LogP contribution is 1.80. The molecule has 0 saturated carbocycles. The van der Waals surface area contributed by atoms with Crippen LogP contribution in [-0.4, -0.2) is 0 Å². The quantitative estimate of drug-likeness (QED) is 0.395. The summed E-state index contributed by atoms with van der Waals surface area (Å²) >= 11 is 16.5. The smallest absolute Gasteiger partial charge is 0.00145 e. The lowest BCUT2D eigenvalue weighted by Gasteiger charge is -1.59. The van der Waals surface area contributed by atoms with Gasteiger partial charge in [-0.1, -0.05) is 0 Å². The second-order valence-corrected chi connectivity index (χ2v) is 18.0. The van der Waals surface area contributed by atoms with E-state index in [1.807, 2.05) is 0 Å². The standard InChI is InChI=1S/HIS6/c1-6(3)7(4)5-2/h6H. The molecular formula is HIS6. The van der Waals surface area contributed by atoms with Gasteiger partial charge in [-0.3, -0.25) is 0 Å². The van der Waals surface area contributed by atoms with Gasteiger partial charge in [0.05, 0.1) is 0 Å². The lowest BCUT2D eigenvalue weighted by Crippen LogP contribution is -1.48. The van der Waals surface area contributed by atoms with Gasteiger partial charge in [0.15, 0.2) is 0 Å². The van der Waals surface area contributed by atoms with Crippen molar-refractivity contribution in [2.75, 3.05) is 0 Å². The molecule has 0 rings (SSSR count). The Balaban J connectivity index is 5.65. The molecule has 0 amide bonds. The molecule has 0 aliphatic rings. The van der Waals surface area contributed by atoms with E-state index in [1.165, 1.54) is 8.88 Å². The van der Waals surface area contributed by atoms with Crippen molar-refractivity contribution in [3.05, 3.63) is 0 Å². The van der Waals surface area contributed by atoms with Crippen molar-refractivity contribution >= 4 is 75.4 Å². The Morgan fingerprint density at radius 1 is 1.71 bits per heavy atom. The summed E-state index contributed by atoms with van der Waals surface area (Å²) in [7, 11) is 1.28. The van der Waals surface area contributed by atoms with Crippen LogP contribution in [-0.2, 0) is 54.2 Å². The predicted octanol–water partition coefficient (Wildman–Crippen LogP) is 0.604. The van der Waals surface area contributed by atoms with Crippen LogP contribution in [0.25, 0.3) is 0 Å². The molecule has 0 spiro atoms. The van der Waals surface area contributed by atoms with Crippen molar-refractivity contribution in [2.24, 2.45) is 0 Å². The average Bonchev–Trinajstić information content (AvgIpc) is 1.65. The van der Waals surface area contributed by atoms with Gasteiger partial charge in [0, 0.05) is 21.2 Å². The third-order valence-electron chi connectivity index (χ3n) is 0.175. The molecule has 1 atom stereocenters. The fourth-order valence-electron chi connectivity index (χ4n) is 0.0239. The van der Waals surface area contributed by atoms with E-state index in [0.29, 0.717) is 0 Å². The lowest BCUT2D eigenvalue weighted by atomic mass is 30.7. The van der Waals surface area contributed by atoms with Gasteiger partial charge in [-0.2, -0.15) is 0 Å². The minimum atomic E-state index is -0.407. The molecule has 44 valence electrons. The molecule has 0 aliphatic heterocycles. The van der Waals surface area contributed by atoms with Crippen LogP contribution in [0.2, 0.25) is 0 Å². The predicted molar refractivity (Wildman–Crippen MR) is 59.6 cm³/mol. The molecule has 1 unspecified atom stereocenters. The van der Waals surface area contributed by atoms with Crippen molar-refractivity contribution in [2.45, 2.75) is 0 Å². The minimum absolute atomic E-state index is 0.148. The SMILES string of the molecule is S=S=S(=S)=[SH](=S)I. The van der Waals surface area contributed by atoms with Crippen molar-refractivity contribution in [3.8, 4) is 0 Å². The van der Waals surface area contributed by atoms with Crippen LogP contribution in [0, 0.1) is 0 Å². The van der Waals surface area contributed by atoms with E-state index >= 15 is 0 Å². The third kappa shape index (κ3) is 4.67. The largest absolute Gasteiger partial charge is 0.0453 e. The molecule has 0 heterocycles. The molecule has 0 nitrogen and oxygen atoms in total. The summed E-state index contributed by atoms with van der Waals surface area (Å²) in [6.45, 7) is -0.148. The monoisotopic (exact) mass is 320 g/mol. The molecule has 0 N–H and O–H groups in total. The van der Waals surface area contributed by atoms with Crippen LogP contribution < -0.4 is 0 Å². The van der Waals surface area contributed by atoms with Crippen LogP contribution in [0.3, 0.4) is 0 Å². The second-order valence-electron chi connectivity index (χ2n) is 0.498. The summed E-state index contributed by atoms with van der Waals surface area (Å²) in [6.07, 6.45) is 0. The Bertz CT molecular complexity index is 242. The van der Waals surface area contributed by atoms with Gasteiger partial charge in [0.1, 0.15) is 0 Å². The first-order valence-electron chi connectivity index (χ1n) is 1.03. The highest BCUT2D eigenvalue weighted by Gasteiger charge is 1.54. The van der Waals surface area contributed by atoms with Crippen molar-refractivity contribution in [1.29, 1.82) is 0 Å². The van der Waals surface area contributed by atoms with Gasteiger partial charge in [0.25, 0.3) is 0 Å². The number of hydrogen-bond donors (Lipinski definition) is 1. The van der Waals surface area contributed by atoms with Gasteiger partial charge in [-0.25, -0.2) is 0 Å². The maximum Gasteiger partial charge on any atom is 0.00145 e. The van der Waals surface area contributed by atoms with E-state index in [-0.39, 0.29) is 6.57 Å². The second kappa shape index (κ2) is 5.00. The summed E-state index contributed by atoms with van der Waals surface area (Å²) < 4.78 is 0. The minimum Gasteiger partial charge on any atom is -0.0453 e. The highest BCUT2D eigenvalue weighted by molar-refractivity contribution is 14.2. The Morgan fingerprint density at radius 2 is 2.14 bits per heavy atom. The Kier molecular flexibility index (Phi) is 6.56. The number of rotatable bonds is 0. The molecule has 7 heteroatoms. The Labute approximate surface area is 74.1 Å². The molecule has 0 saturated heterocycles. The zero-order valence-corrected chi connectivity index (χ0v) is 10.0. The normalized spacial score (nSPS) is 12.7. The Hall–Kier alpha value is 2.18. The molecule has 0 aromatic heterocycles. The van der Waals surface area contributed by atoms with Crippen molar-refractivity contribution in [1.82, 2.24) is 0 Å². The number of hydrogen-bond acceptors (Lipinski definition) is 3. The van der Waals surface area contributed by atoms with Crippen LogP contribution in [0.15, 0.2) is 0 Å². The summed E-state index contributed by atoms with van der Waals surface area (Å²) in [5.74, 6) is 0. The molecule has 0 bridgehead atoms. The lowest BCUT2D eigenvalue weighted by molar-refractivity contribution is 5.97. The maximum absolute atomic E-state index is 4.87. The molecule has 0 aliphatic carbocycles. The number of thiol groups is 1. The zero-order valence-electron chi connectivity index (χ0n) is 2.87. The summed E-state index contributed by atoms with van der Waals surface area (Å²) in [6, 6.07) is 0. The summed E-state index contributed by atoms with van der Waals surface area (Å²) in [5.41, 5.74) is 0. The van der Waals surface area contributed by atoms with Crippen molar-refractivity contribution in [3.63, 3.8) is 0 Å². The Morgan fingerprint density at radius 3 is 2.14 bits per heavy atom. The van der Waals surface area contributed by atoms with Crippen molar-refractivity contribution < 1.29 is 0 Å². The third-order valence-corrected chi connectivity index (χ3v) is 19.8. The summed E-state index contributed by atoms with van der Waals surface area (Å²) in [5, 5.41) is -0.407. The average molecular weight is 320 g/mol. The van der Waals surface area contributed by atoms with E-state index in [1.54, 1.807) is 0 Å². The molecule has 7 heavy (non-hydrogen) atoms. The van der Waals surface area contributed by atoms with Gasteiger partial charge < -0.3 is 0 Å². The summed E-state index contributed by atoms with van der Waals surface area (Å²) in [4.78, 5) is 0.